The first-order chi connectivity index (χ1) is 16.2. The van der Waals surface area contributed by atoms with Crippen LogP contribution in [0.4, 0.5) is 25.0 Å². The van der Waals surface area contributed by atoms with Gasteiger partial charge in [-0.25, -0.2) is 13.6 Å². The average molecular weight is 482 g/mol. The van der Waals surface area contributed by atoms with Crippen molar-refractivity contribution in [2.45, 2.75) is 36.9 Å². The van der Waals surface area contributed by atoms with Gasteiger partial charge in [-0.1, -0.05) is 5.18 Å². The van der Waals surface area contributed by atoms with E-state index in [1.54, 1.807) is 11.9 Å². The lowest BCUT2D eigenvalue weighted by molar-refractivity contribution is -0.122. The van der Waals surface area contributed by atoms with Gasteiger partial charge < -0.3 is 25.6 Å². The molecule has 1 spiro atoms. The molecule has 4 heterocycles. The lowest BCUT2D eigenvalue weighted by atomic mass is 9.91. The Kier molecular flexibility index (Phi) is 6.91. The molecule has 0 bridgehead atoms. The van der Waals surface area contributed by atoms with Crippen LogP contribution in [0.1, 0.15) is 12.8 Å². The highest BCUT2D eigenvalue weighted by Crippen LogP contribution is 2.37. The van der Waals surface area contributed by atoms with E-state index in [0.29, 0.717) is 32.5 Å². The summed E-state index contributed by atoms with van der Waals surface area (Å²) in [6, 6.07) is 0. The van der Waals surface area contributed by atoms with Gasteiger partial charge >= 0.3 is 6.09 Å². The van der Waals surface area contributed by atoms with Crippen LogP contribution in [-0.2, 0) is 9.53 Å². The molecule has 0 aliphatic carbocycles. The van der Waals surface area contributed by atoms with Crippen LogP contribution in [0.2, 0.25) is 0 Å². The van der Waals surface area contributed by atoms with Gasteiger partial charge in [-0.2, -0.15) is 0 Å². The number of ether oxygens (including phenoxy) is 1. The first kappa shape index (κ1) is 24.2. The first-order valence-electron chi connectivity index (χ1n) is 11.1. The Labute approximate surface area is 194 Å². The van der Waals surface area contributed by atoms with E-state index < -0.39 is 41.7 Å². The predicted octanol–water partition coefficient (Wildman–Crippen LogP) is 0.105. The molecule has 14 heteroatoms. The molecule has 5 N–H and O–H groups in total. The number of nitrogens with zero attached hydrogens (tertiary/aromatic N) is 4. The highest BCUT2D eigenvalue weighted by Gasteiger charge is 2.46. The maximum Gasteiger partial charge on any atom is 0.410 e. The maximum atomic E-state index is 14.9. The fourth-order valence-electron chi connectivity index (χ4n) is 4.72. The summed E-state index contributed by atoms with van der Waals surface area (Å²) >= 11 is 0. The molecular weight excluding hydrogens is 454 g/mol. The zero-order chi connectivity index (χ0) is 24.5. The molecule has 2 atom stereocenters. The van der Waals surface area contributed by atoms with Gasteiger partial charge in [0.05, 0.1) is 30.8 Å². The summed E-state index contributed by atoms with van der Waals surface area (Å²) in [5.74, 6) is -2.51. The number of nitrogens with one attached hydrogen (secondary N) is 3. The summed E-state index contributed by atoms with van der Waals surface area (Å²) < 4.78 is 33.9. The summed E-state index contributed by atoms with van der Waals surface area (Å²) in [7, 11) is 1.67. The van der Waals surface area contributed by atoms with Crippen LogP contribution < -0.4 is 26.6 Å². The third-order valence-electron chi connectivity index (χ3n) is 6.53. The molecule has 3 aliphatic rings. The summed E-state index contributed by atoms with van der Waals surface area (Å²) in [6.45, 7) is 1.19. The molecule has 186 valence electrons. The molecule has 0 saturated carbocycles. The smallest absolute Gasteiger partial charge is 0.410 e. The minimum atomic E-state index is -1.42. The predicted molar refractivity (Wildman–Crippen MR) is 118 cm³/mol. The monoisotopic (exact) mass is 482 g/mol. The van der Waals surface area contributed by atoms with Crippen molar-refractivity contribution >= 4 is 23.4 Å². The molecule has 2 amide bonds. The molecule has 0 aromatic carbocycles. The molecule has 3 saturated heterocycles. The Balaban J connectivity index is 1.51. The quantitative estimate of drug-likeness (QED) is 0.414. The topological polar surface area (TPSA) is 154 Å². The fraction of sp³-hybridized carbons (Fsp3) is 0.650. The van der Waals surface area contributed by atoms with Gasteiger partial charge in [0.2, 0.25) is 5.91 Å². The number of carbonyl (C=O) groups is 2. The van der Waals surface area contributed by atoms with Gasteiger partial charge in [0, 0.05) is 46.1 Å². The first-order valence-corrected chi connectivity index (χ1v) is 11.1. The Morgan fingerprint density at radius 2 is 2.03 bits per heavy atom. The molecule has 2 unspecified atom stereocenters. The molecule has 4 rings (SSSR count). The van der Waals surface area contributed by atoms with E-state index >= 15 is 0 Å². The number of rotatable bonds is 6. The van der Waals surface area contributed by atoms with Crippen LogP contribution in [-0.4, -0.2) is 85.8 Å². The van der Waals surface area contributed by atoms with Crippen LogP contribution in [0.5, 0.6) is 0 Å². The molecule has 1 aromatic rings. The van der Waals surface area contributed by atoms with Crippen LogP contribution >= 0.6 is 0 Å². The van der Waals surface area contributed by atoms with Gasteiger partial charge in [-0.05, 0) is 0 Å². The maximum absolute atomic E-state index is 14.9. The summed E-state index contributed by atoms with van der Waals surface area (Å²) in [4.78, 5) is 43.2. The van der Waals surface area contributed by atoms with Crippen molar-refractivity contribution in [2.75, 3.05) is 50.0 Å². The van der Waals surface area contributed by atoms with Crippen molar-refractivity contribution in [2.24, 2.45) is 16.8 Å². The second-order valence-electron chi connectivity index (χ2n) is 8.91. The number of halogens is 2. The molecule has 0 radical (unpaired) electrons. The van der Waals surface area contributed by atoms with Gasteiger partial charge in [0.1, 0.15) is 23.4 Å². The Morgan fingerprint density at radius 1 is 1.35 bits per heavy atom. The number of likely N-dealkylation sites (N-methyl/N-ethyl adjacent to an activating group) is 1. The van der Waals surface area contributed by atoms with Crippen molar-refractivity contribution < 1.29 is 23.1 Å². The van der Waals surface area contributed by atoms with Gasteiger partial charge in [-0.3, -0.25) is 20.4 Å². The summed E-state index contributed by atoms with van der Waals surface area (Å²) in [5.41, 5.74) is 5.40. The van der Waals surface area contributed by atoms with Gasteiger partial charge in [-0.15, -0.1) is 4.91 Å². The molecular formula is C20H28F2N8O4. The Hall–Kier alpha value is -2.97. The van der Waals surface area contributed by atoms with Crippen LogP contribution in [0.3, 0.4) is 0 Å². The second kappa shape index (κ2) is 9.72. The number of carbonyl (C=O) groups excluding carboxylic acids is 2. The van der Waals surface area contributed by atoms with E-state index in [1.807, 2.05) is 0 Å². The van der Waals surface area contributed by atoms with Gasteiger partial charge in [0.15, 0.2) is 12.0 Å². The number of hydrogen-bond acceptors (Lipinski definition) is 10. The highest BCUT2D eigenvalue weighted by molar-refractivity contribution is 5.96. The number of nitrogens with two attached hydrogens (primary N) is 1. The van der Waals surface area contributed by atoms with E-state index in [-0.39, 0.29) is 30.6 Å². The summed E-state index contributed by atoms with van der Waals surface area (Å²) in [5, 5.41) is 11.0. The standard InChI is InChI=1S/C20H28F2N8O4/c1-29-10-20(34-19(29)32)2-4-30(5-3-20)15-12(22)8-24-9-13(15)27-18(31)14(16(23)28-33)17-25-6-11(21)7-26-17/h8-9,11,14,16-17,25-26H,2-7,10,23H2,1H3,(H,27,31). The molecule has 12 nitrogen and oxygen atoms in total. The zero-order valence-electron chi connectivity index (χ0n) is 18.7. The number of nitroso groups, excluding NO2 is 1. The van der Waals surface area contributed by atoms with E-state index in [4.69, 9.17) is 10.5 Å². The molecule has 34 heavy (non-hydrogen) atoms. The normalized spacial score (nSPS) is 26.2. The lowest BCUT2D eigenvalue weighted by Gasteiger charge is -2.39. The zero-order valence-corrected chi connectivity index (χ0v) is 18.7. The van der Waals surface area contributed by atoms with Crippen LogP contribution in [0, 0.1) is 16.6 Å². The molecule has 1 aromatic heterocycles. The Morgan fingerprint density at radius 3 is 2.62 bits per heavy atom. The van der Waals surface area contributed by atoms with E-state index in [2.05, 4.69) is 26.1 Å². The number of pyridine rings is 1. The van der Waals surface area contributed by atoms with Crippen molar-refractivity contribution in [1.82, 2.24) is 20.5 Å². The molecule has 3 fully saturated rings. The van der Waals surface area contributed by atoms with Crippen molar-refractivity contribution in [1.29, 1.82) is 0 Å². The SMILES string of the molecule is CN1CC2(CCN(c3c(F)cncc3NC(=O)C(C(N)N=O)C3NCC(F)CN3)CC2)OC1=O. The number of alkyl halides is 1. The number of hydrogen-bond donors (Lipinski definition) is 4. The van der Waals surface area contributed by atoms with Crippen LogP contribution in [0.25, 0.3) is 0 Å². The largest absolute Gasteiger partial charge is 0.441 e. The highest BCUT2D eigenvalue weighted by atomic mass is 19.1. The Bertz CT molecular complexity index is 937. The number of aromatic nitrogens is 1. The van der Waals surface area contributed by atoms with Gasteiger partial charge in [0.25, 0.3) is 0 Å². The third kappa shape index (κ3) is 4.79. The van der Waals surface area contributed by atoms with Crippen LogP contribution in [0.15, 0.2) is 17.6 Å². The van der Waals surface area contributed by atoms with E-state index in [0.717, 1.165) is 6.20 Å². The third-order valence-corrected chi connectivity index (χ3v) is 6.53. The summed E-state index contributed by atoms with van der Waals surface area (Å²) in [6.07, 6.45) is -0.431. The van der Waals surface area contributed by atoms with E-state index in [9.17, 15) is 23.3 Å². The number of piperidine rings is 1. The average Bonchev–Trinajstić information content (AvgIpc) is 3.08. The van der Waals surface area contributed by atoms with Crippen molar-refractivity contribution in [3.8, 4) is 0 Å². The van der Waals surface area contributed by atoms with Crippen molar-refractivity contribution in [3.05, 3.63) is 23.1 Å². The van der Waals surface area contributed by atoms with E-state index in [1.165, 1.54) is 11.1 Å². The second-order valence-corrected chi connectivity index (χ2v) is 8.91. The lowest BCUT2D eigenvalue weighted by Crippen LogP contribution is -2.62. The minimum Gasteiger partial charge on any atom is -0.441 e. The number of amides is 2. The molecule has 3 aliphatic heterocycles. The minimum absolute atomic E-state index is 0.0188. The fourth-order valence-corrected chi connectivity index (χ4v) is 4.72. The van der Waals surface area contributed by atoms with Crippen molar-refractivity contribution in [3.63, 3.8) is 0 Å². The number of anilines is 2.